The van der Waals surface area contributed by atoms with E-state index in [1.807, 2.05) is 54.6 Å². The lowest BCUT2D eigenvalue weighted by atomic mass is 9.74. The maximum Gasteiger partial charge on any atom is 0.177 e. The molecule has 1 fully saturated rings. The number of ether oxygens (including phenoxy) is 3. The normalized spacial score (nSPS) is 28.0. The SMILES string of the molecule is COc1ccc(C23Oc4ccccc4C(c4ccccc4)C2(C)C3(Cl)Cl)cc1OC. The van der Waals surface area contributed by atoms with Crippen LogP contribution in [-0.4, -0.2) is 18.6 Å². The molecule has 0 bridgehead atoms. The van der Waals surface area contributed by atoms with Gasteiger partial charge in [0.15, 0.2) is 21.4 Å². The van der Waals surface area contributed by atoms with Crippen molar-refractivity contribution >= 4 is 23.2 Å². The molecule has 1 saturated carbocycles. The van der Waals surface area contributed by atoms with Gasteiger partial charge < -0.3 is 14.2 Å². The van der Waals surface area contributed by atoms with Gasteiger partial charge in [0.1, 0.15) is 5.75 Å². The lowest BCUT2D eigenvalue weighted by Crippen LogP contribution is -2.33. The molecule has 0 saturated heterocycles. The van der Waals surface area contributed by atoms with Gasteiger partial charge >= 0.3 is 0 Å². The zero-order valence-electron chi connectivity index (χ0n) is 17.0. The van der Waals surface area contributed by atoms with E-state index in [1.165, 1.54) is 0 Å². The van der Waals surface area contributed by atoms with Crippen molar-refractivity contribution in [1.82, 2.24) is 0 Å². The highest BCUT2D eigenvalue weighted by atomic mass is 35.5. The van der Waals surface area contributed by atoms with Crippen LogP contribution in [0.25, 0.3) is 0 Å². The van der Waals surface area contributed by atoms with Crippen molar-refractivity contribution in [2.45, 2.75) is 22.8 Å². The highest BCUT2D eigenvalue weighted by Gasteiger charge is 2.91. The molecule has 0 N–H and O–H groups in total. The molecular formula is C25H22Cl2O3. The number of hydrogen-bond donors (Lipinski definition) is 0. The van der Waals surface area contributed by atoms with Crippen molar-refractivity contribution in [1.29, 1.82) is 0 Å². The van der Waals surface area contributed by atoms with Crippen molar-refractivity contribution in [3.8, 4) is 17.2 Å². The average Bonchev–Trinajstić information content (AvgIpc) is 3.18. The molecule has 1 aliphatic carbocycles. The lowest BCUT2D eigenvalue weighted by Gasteiger charge is -2.36. The Kier molecular flexibility index (Phi) is 4.29. The molecule has 2 aliphatic rings. The van der Waals surface area contributed by atoms with Crippen LogP contribution in [0.5, 0.6) is 17.2 Å². The summed E-state index contributed by atoms with van der Waals surface area (Å²) in [4.78, 5) is 0. The highest BCUT2D eigenvalue weighted by Crippen LogP contribution is 2.85. The van der Waals surface area contributed by atoms with Crippen molar-refractivity contribution in [2.75, 3.05) is 14.2 Å². The van der Waals surface area contributed by atoms with Gasteiger partial charge in [-0.15, -0.1) is 0 Å². The standard InChI is InChI=1S/C25H22Cl2O3/c1-23-22(16-9-5-4-6-10-16)18-11-7-8-12-19(18)30-24(23,25(23,26)27)17-13-14-20(28-2)21(15-17)29-3/h4-15,22H,1-3H3. The molecule has 30 heavy (non-hydrogen) atoms. The molecule has 1 heterocycles. The molecule has 3 aromatic rings. The first-order valence-electron chi connectivity index (χ1n) is 9.85. The second-order valence-electron chi connectivity index (χ2n) is 8.01. The molecule has 3 nitrogen and oxygen atoms in total. The number of rotatable bonds is 4. The van der Waals surface area contributed by atoms with Crippen LogP contribution in [0.1, 0.15) is 29.5 Å². The van der Waals surface area contributed by atoms with Crippen LogP contribution in [0.4, 0.5) is 0 Å². The first-order valence-corrected chi connectivity index (χ1v) is 10.6. The fourth-order valence-corrected chi connectivity index (χ4v) is 6.29. The first-order chi connectivity index (χ1) is 14.4. The fraction of sp³-hybridized carbons (Fsp3) is 0.280. The number of halogens is 2. The zero-order valence-corrected chi connectivity index (χ0v) is 18.5. The summed E-state index contributed by atoms with van der Waals surface area (Å²) in [6.45, 7) is 2.11. The van der Waals surface area contributed by atoms with Crippen LogP contribution in [-0.2, 0) is 5.60 Å². The summed E-state index contributed by atoms with van der Waals surface area (Å²) < 4.78 is 16.5. The van der Waals surface area contributed by atoms with Crippen LogP contribution >= 0.6 is 23.2 Å². The summed E-state index contributed by atoms with van der Waals surface area (Å²) in [5.41, 5.74) is 1.58. The maximum atomic E-state index is 7.12. The van der Waals surface area contributed by atoms with Gasteiger partial charge in [-0.05, 0) is 23.8 Å². The number of benzene rings is 3. The molecule has 3 unspecified atom stereocenters. The molecular weight excluding hydrogens is 419 g/mol. The van der Waals surface area contributed by atoms with Gasteiger partial charge in [-0.1, -0.05) is 84.7 Å². The van der Waals surface area contributed by atoms with E-state index >= 15 is 0 Å². The summed E-state index contributed by atoms with van der Waals surface area (Å²) in [6, 6.07) is 24.2. The van der Waals surface area contributed by atoms with Crippen LogP contribution in [0, 0.1) is 5.41 Å². The van der Waals surface area contributed by atoms with E-state index in [0.717, 1.165) is 22.4 Å². The maximum absolute atomic E-state index is 7.12. The Balaban J connectivity index is 1.76. The predicted octanol–water partition coefficient (Wildman–Crippen LogP) is 6.32. The van der Waals surface area contributed by atoms with E-state index in [0.29, 0.717) is 11.5 Å². The third-order valence-electron chi connectivity index (χ3n) is 6.76. The number of methoxy groups -OCH3 is 2. The Morgan fingerprint density at radius 1 is 0.833 bits per heavy atom. The van der Waals surface area contributed by atoms with Gasteiger partial charge in [0, 0.05) is 17.0 Å². The number of para-hydroxylation sites is 1. The summed E-state index contributed by atoms with van der Waals surface area (Å²) in [6.07, 6.45) is 0. The van der Waals surface area contributed by atoms with E-state index in [1.54, 1.807) is 14.2 Å². The fourth-order valence-electron chi connectivity index (χ4n) is 5.21. The summed E-state index contributed by atoms with van der Waals surface area (Å²) in [5.74, 6) is 2.01. The zero-order chi connectivity index (χ0) is 21.1. The third-order valence-corrected chi connectivity index (χ3v) is 8.07. The van der Waals surface area contributed by atoms with E-state index in [9.17, 15) is 0 Å². The van der Waals surface area contributed by atoms with E-state index in [-0.39, 0.29) is 5.92 Å². The molecule has 1 aliphatic heterocycles. The minimum Gasteiger partial charge on any atom is -0.493 e. The number of fused-ring (bicyclic) bond motifs is 2. The van der Waals surface area contributed by atoms with E-state index < -0.39 is 15.3 Å². The highest BCUT2D eigenvalue weighted by molar-refractivity contribution is 6.53. The van der Waals surface area contributed by atoms with Gasteiger partial charge in [0.2, 0.25) is 0 Å². The first kappa shape index (κ1) is 19.6. The van der Waals surface area contributed by atoms with Gasteiger partial charge in [0.25, 0.3) is 0 Å². The molecule has 0 radical (unpaired) electrons. The minimum absolute atomic E-state index is 0.0354. The van der Waals surface area contributed by atoms with E-state index in [4.69, 9.17) is 37.4 Å². The molecule has 3 aromatic carbocycles. The van der Waals surface area contributed by atoms with Gasteiger partial charge in [-0.2, -0.15) is 0 Å². The Morgan fingerprint density at radius 2 is 1.50 bits per heavy atom. The molecule has 0 amide bonds. The second-order valence-corrected chi connectivity index (χ2v) is 9.34. The van der Waals surface area contributed by atoms with Crippen LogP contribution in [0.2, 0.25) is 0 Å². The number of alkyl halides is 2. The van der Waals surface area contributed by atoms with Crippen molar-refractivity contribution in [2.24, 2.45) is 5.41 Å². The van der Waals surface area contributed by atoms with Crippen LogP contribution in [0.15, 0.2) is 72.8 Å². The predicted molar refractivity (Wildman–Crippen MR) is 119 cm³/mol. The average molecular weight is 441 g/mol. The van der Waals surface area contributed by atoms with Crippen molar-refractivity contribution in [3.63, 3.8) is 0 Å². The van der Waals surface area contributed by atoms with E-state index in [2.05, 4.69) is 25.1 Å². The Labute approximate surface area is 186 Å². The largest absolute Gasteiger partial charge is 0.493 e. The quantitative estimate of drug-likeness (QED) is 0.444. The van der Waals surface area contributed by atoms with Gasteiger partial charge in [-0.3, -0.25) is 0 Å². The minimum atomic E-state index is -1.15. The second kappa shape index (κ2) is 6.57. The van der Waals surface area contributed by atoms with Gasteiger partial charge in [0.05, 0.1) is 19.6 Å². The van der Waals surface area contributed by atoms with Crippen molar-refractivity contribution < 1.29 is 14.2 Å². The topological polar surface area (TPSA) is 27.7 Å². The Morgan fingerprint density at radius 3 is 2.20 bits per heavy atom. The summed E-state index contributed by atoms with van der Waals surface area (Å²) in [7, 11) is 3.23. The van der Waals surface area contributed by atoms with Crippen LogP contribution < -0.4 is 14.2 Å². The third kappa shape index (κ3) is 2.23. The Bertz CT molecular complexity index is 1110. The lowest BCUT2D eigenvalue weighted by molar-refractivity contribution is 0.102. The smallest absolute Gasteiger partial charge is 0.177 e. The van der Waals surface area contributed by atoms with Crippen molar-refractivity contribution in [3.05, 3.63) is 89.5 Å². The van der Waals surface area contributed by atoms with Crippen LogP contribution in [0.3, 0.4) is 0 Å². The molecule has 5 heteroatoms. The summed E-state index contributed by atoms with van der Waals surface area (Å²) in [5, 5.41) is 0. The molecule has 0 spiro atoms. The molecule has 5 rings (SSSR count). The number of hydrogen-bond acceptors (Lipinski definition) is 3. The molecule has 154 valence electrons. The molecule has 3 atom stereocenters. The molecule has 0 aromatic heterocycles. The summed E-state index contributed by atoms with van der Waals surface area (Å²) >= 11 is 14.2. The monoisotopic (exact) mass is 440 g/mol. The Hall–Kier alpha value is -2.36. The van der Waals surface area contributed by atoms with Gasteiger partial charge in [-0.25, -0.2) is 0 Å².